The molecule has 1 fully saturated rings. The van der Waals surface area contributed by atoms with E-state index in [2.05, 4.69) is 30.8 Å². The summed E-state index contributed by atoms with van der Waals surface area (Å²) >= 11 is 1.64. The van der Waals surface area contributed by atoms with Crippen LogP contribution in [-0.4, -0.2) is 61.6 Å². The van der Waals surface area contributed by atoms with Crippen molar-refractivity contribution in [2.24, 2.45) is 0 Å². The number of ether oxygens (including phenoxy) is 1. The quantitative estimate of drug-likeness (QED) is 0.484. The zero-order valence-electron chi connectivity index (χ0n) is 16.2. The van der Waals surface area contributed by atoms with E-state index in [0.29, 0.717) is 32.3 Å². The van der Waals surface area contributed by atoms with Crippen molar-refractivity contribution in [1.29, 1.82) is 0 Å². The maximum Gasteiger partial charge on any atom is 0.319 e. The average Bonchev–Trinajstić information content (AvgIpc) is 2.71. The van der Waals surface area contributed by atoms with E-state index in [-0.39, 0.29) is 6.03 Å². The summed E-state index contributed by atoms with van der Waals surface area (Å²) in [6.07, 6.45) is 2.00. The first-order chi connectivity index (χ1) is 13.6. The van der Waals surface area contributed by atoms with Crippen LogP contribution in [0, 0.1) is 6.92 Å². The summed E-state index contributed by atoms with van der Waals surface area (Å²) in [5.41, 5.74) is 1.67. The predicted octanol–water partition coefficient (Wildman–Crippen LogP) is 2.58. The minimum absolute atomic E-state index is 0.237. The van der Waals surface area contributed by atoms with E-state index in [1.165, 1.54) is 0 Å². The maximum absolute atomic E-state index is 12.0. The van der Waals surface area contributed by atoms with Gasteiger partial charge in [-0.3, -0.25) is 0 Å². The topological polar surface area (TPSA) is 91.4 Å². The lowest BCUT2D eigenvalue weighted by molar-refractivity contribution is 0.122. The molecule has 3 N–H and O–H groups in total. The number of aryl methyl sites for hydroxylation is 1. The molecule has 150 valence electrons. The second-order valence-electron chi connectivity index (χ2n) is 6.33. The summed E-state index contributed by atoms with van der Waals surface area (Å²) in [5.74, 6) is 1.47. The monoisotopic (exact) mass is 402 g/mol. The number of amides is 2. The van der Waals surface area contributed by atoms with Gasteiger partial charge < -0.3 is 25.6 Å². The molecule has 0 unspecified atom stereocenters. The third-order valence-corrected chi connectivity index (χ3v) is 4.92. The first-order valence-corrected chi connectivity index (χ1v) is 10.5. The van der Waals surface area contributed by atoms with Gasteiger partial charge in [0.1, 0.15) is 5.82 Å². The Kier molecular flexibility index (Phi) is 7.32. The van der Waals surface area contributed by atoms with Crippen LogP contribution in [-0.2, 0) is 4.74 Å². The fourth-order valence-electron chi connectivity index (χ4n) is 2.81. The SMILES string of the molecule is CSc1cccc(NC(=O)NCCNc2nc(C)cc(N3CCOCC3)n2)c1. The highest BCUT2D eigenvalue weighted by Gasteiger charge is 2.14. The predicted molar refractivity (Wildman–Crippen MR) is 114 cm³/mol. The van der Waals surface area contributed by atoms with E-state index in [1.807, 2.05) is 43.5 Å². The Labute approximate surface area is 169 Å². The molecule has 8 nitrogen and oxygen atoms in total. The fourth-order valence-corrected chi connectivity index (χ4v) is 3.27. The van der Waals surface area contributed by atoms with Gasteiger partial charge in [-0.1, -0.05) is 6.07 Å². The van der Waals surface area contributed by atoms with Gasteiger partial charge in [-0.25, -0.2) is 9.78 Å². The number of nitrogens with one attached hydrogen (secondary N) is 3. The molecule has 2 heterocycles. The molecule has 1 aromatic heterocycles. The number of morpholine rings is 1. The molecular formula is C19H26N6O2S. The summed E-state index contributed by atoms with van der Waals surface area (Å²) < 4.78 is 5.39. The largest absolute Gasteiger partial charge is 0.378 e. The van der Waals surface area contributed by atoms with Crippen molar-refractivity contribution < 1.29 is 9.53 Å². The third-order valence-electron chi connectivity index (χ3n) is 4.20. The molecule has 1 aromatic carbocycles. The number of rotatable bonds is 7. The molecule has 1 aliphatic rings. The van der Waals surface area contributed by atoms with E-state index in [0.717, 1.165) is 35.2 Å². The molecule has 2 aromatic rings. The summed E-state index contributed by atoms with van der Waals surface area (Å²) in [5, 5.41) is 8.84. The minimum atomic E-state index is -0.237. The van der Waals surface area contributed by atoms with Crippen LogP contribution in [0.25, 0.3) is 0 Å². The van der Waals surface area contributed by atoms with Crippen molar-refractivity contribution in [3.63, 3.8) is 0 Å². The molecule has 3 rings (SSSR count). The van der Waals surface area contributed by atoms with Crippen molar-refractivity contribution in [1.82, 2.24) is 15.3 Å². The van der Waals surface area contributed by atoms with Crippen LogP contribution in [0.2, 0.25) is 0 Å². The molecule has 0 spiro atoms. The Hall–Kier alpha value is -2.52. The molecule has 9 heteroatoms. The minimum Gasteiger partial charge on any atom is -0.378 e. The number of anilines is 3. The lowest BCUT2D eigenvalue weighted by atomic mass is 10.3. The van der Waals surface area contributed by atoms with E-state index >= 15 is 0 Å². The van der Waals surface area contributed by atoms with Crippen LogP contribution in [0.5, 0.6) is 0 Å². The molecule has 0 saturated carbocycles. The van der Waals surface area contributed by atoms with Gasteiger partial charge in [0.15, 0.2) is 0 Å². The number of aromatic nitrogens is 2. The Morgan fingerprint density at radius 2 is 2.04 bits per heavy atom. The normalized spacial score (nSPS) is 13.9. The molecule has 0 aliphatic carbocycles. The number of hydrogen-bond acceptors (Lipinski definition) is 7. The zero-order chi connectivity index (χ0) is 19.8. The molecule has 28 heavy (non-hydrogen) atoms. The van der Waals surface area contributed by atoms with Crippen LogP contribution in [0.3, 0.4) is 0 Å². The molecule has 0 bridgehead atoms. The summed E-state index contributed by atoms with van der Waals surface area (Å²) in [7, 11) is 0. The van der Waals surface area contributed by atoms with E-state index in [9.17, 15) is 4.79 Å². The van der Waals surface area contributed by atoms with Gasteiger partial charge in [0, 0.05) is 48.5 Å². The Bertz CT molecular complexity index is 798. The van der Waals surface area contributed by atoms with Crippen LogP contribution in [0.15, 0.2) is 35.2 Å². The van der Waals surface area contributed by atoms with Gasteiger partial charge in [-0.15, -0.1) is 11.8 Å². The first kappa shape index (κ1) is 20.2. The van der Waals surface area contributed by atoms with E-state index < -0.39 is 0 Å². The summed E-state index contributed by atoms with van der Waals surface area (Å²) in [6.45, 7) is 6.02. The Morgan fingerprint density at radius 1 is 1.21 bits per heavy atom. The number of thioether (sulfide) groups is 1. The van der Waals surface area contributed by atoms with Gasteiger partial charge in [0.25, 0.3) is 0 Å². The fraction of sp³-hybridized carbons (Fsp3) is 0.421. The Morgan fingerprint density at radius 3 is 2.82 bits per heavy atom. The highest BCUT2D eigenvalue weighted by molar-refractivity contribution is 7.98. The van der Waals surface area contributed by atoms with Gasteiger partial charge in [0.2, 0.25) is 5.95 Å². The molecule has 1 aliphatic heterocycles. The van der Waals surface area contributed by atoms with Gasteiger partial charge >= 0.3 is 6.03 Å². The number of carbonyl (C=O) groups is 1. The summed E-state index contributed by atoms with van der Waals surface area (Å²) in [4.78, 5) is 24.3. The number of hydrogen-bond donors (Lipinski definition) is 3. The number of urea groups is 1. The standard InChI is InChI=1S/C19H26N6O2S/c1-14-12-17(25-8-10-27-11-9-25)24-18(22-14)20-6-7-21-19(26)23-15-4-3-5-16(13-15)28-2/h3-5,12-13H,6-11H2,1-2H3,(H,20,22,24)(H2,21,23,26). The first-order valence-electron chi connectivity index (χ1n) is 9.25. The van der Waals surface area contributed by atoms with E-state index in [1.54, 1.807) is 11.8 Å². The highest BCUT2D eigenvalue weighted by atomic mass is 32.2. The van der Waals surface area contributed by atoms with Crippen molar-refractivity contribution in [3.05, 3.63) is 36.0 Å². The molecule has 2 amide bonds. The van der Waals surface area contributed by atoms with Crippen molar-refractivity contribution in [2.75, 3.05) is 61.2 Å². The van der Waals surface area contributed by atoms with Gasteiger partial charge in [0.05, 0.1) is 13.2 Å². The third kappa shape index (κ3) is 6.00. The summed E-state index contributed by atoms with van der Waals surface area (Å²) in [6, 6.07) is 9.47. The molecule has 0 atom stereocenters. The molecule has 0 radical (unpaired) electrons. The van der Waals surface area contributed by atoms with Gasteiger partial charge in [-0.2, -0.15) is 4.98 Å². The smallest absolute Gasteiger partial charge is 0.319 e. The van der Waals surface area contributed by atoms with Crippen LogP contribution in [0.1, 0.15) is 5.69 Å². The van der Waals surface area contributed by atoms with Gasteiger partial charge in [-0.05, 0) is 31.4 Å². The second kappa shape index (κ2) is 10.1. The lowest BCUT2D eigenvalue weighted by Crippen LogP contribution is -2.37. The maximum atomic E-state index is 12.0. The average molecular weight is 403 g/mol. The highest BCUT2D eigenvalue weighted by Crippen LogP contribution is 2.19. The van der Waals surface area contributed by atoms with Crippen LogP contribution < -0.4 is 20.9 Å². The number of benzene rings is 1. The van der Waals surface area contributed by atoms with Crippen molar-refractivity contribution >= 4 is 35.2 Å². The zero-order valence-corrected chi connectivity index (χ0v) is 17.0. The van der Waals surface area contributed by atoms with Crippen LogP contribution >= 0.6 is 11.8 Å². The second-order valence-corrected chi connectivity index (χ2v) is 7.21. The van der Waals surface area contributed by atoms with E-state index in [4.69, 9.17) is 4.74 Å². The molecular weight excluding hydrogens is 376 g/mol. The Balaban J connectivity index is 1.45. The lowest BCUT2D eigenvalue weighted by Gasteiger charge is -2.28. The number of carbonyl (C=O) groups excluding carboxylic acids is 1. The van der Waals surface area contributed by atoms with Crippen LogP contribution in [0.4, 0.5) is 22.2 Å². The van der Waals surface area contributed by atoms with Crippen molar-refractivity contribution in [3.8, 4) is 0 Å². The van der Waals surface area contributed by atoms with Crippen molar-refractivity contribution in [2.45, 2.75) is 11.8 Å². The number of nitrogens with zero attached hydrogens (tertiary/aromatic N) is 3. The molecule has 1 saturated heterocycles.